The molecule has 2 aromatic carbocycles. The van der Waals surface area contributed by atoms with Crippen LogP contribution in [-0.2, 0) is 4.79 Å². The minimum absolute atomic E-state index is 0.0675. The average Bonchev–Trinajstić information content (AvgIpc) is 2.61. The van der Waals surface area contributed by atoms with Gasteiger partial charge in [0.2, 0.25) is 5.91 Å². The zero-order chi connectivity index (χ0) is 20.0. The van der Waals surface area contributed by atoms with E-state index in [1.807, 2.05) is 0 Å². The smallest absolute Gasteiger partial charge is 0.251 e. The number of amides is 2. The van der Waals surface area contributed by atoms with Gasteiger partial charge in [-0.3, -0.25) is 9.59 Å². The highest BCUT2D eigenvalue weighted by Crippen LogP contribution is 2.23. The highest BCUT2D eigenvalue weighted by Gasteiger charge is 2.08. The fourth-order valence-electron chi connectivity index (χ4n) is 2.33. The summed E-state index contributed by atoms with van der Waals surface area (Å²) in [7, 11) is 0. The summed E-state index contributed by atoms with van der Waals surface area (Å²) in [6, 6.07) is 8.07. The molecule has 0 saturated heterocycles. The van der Waals surface area contributed by atoms with Crippen LogP contribution < -0.4 is 10.7 Å². The lowest BCUT2D eigenvalue weighted by Crippen LogP contribution is -2.29. The van der Waals surface area contributed by atoms with Crippen molar-refractivity contribution in [2.24, 2.45) is 5.10 Å². The van der Waals surface area contributed by atoms with Crippen molar-refractivity contribution < 1.29 is 14.7 Å². The number of nitrogens with zero attached hydrogens (tertiary/aromatic N) is 1. The Kier molecular flexibility index (Phi) is 7.21. The highest BCUT2D eigenvalue weighted by molar-refractivity contribution is 6.42. The molecule has 2 aromatic rings. The van der Waals surface area contributed by atoms with Crippen LogP contribution in [0.2, 0.25) is 10.0 Å². The molecular formula is C19H19Cl2N3O3. The highest BCUT2D eigenvalue weighted by atomic mass is 35.5. The van der Waals surface area contributed by atoms with E-state index < -0.39 is 0 Å². The van der Waals surface area contributed by atoms with Crippen molar-refractivity contribution in [2.45, 2.75) is 20.3 Å². The van der Waals surface area contributed by atoms with Gasteiger partial charge in [-0.15, -0.1) is 0 Å². The molecule has 0 atom stereocenters. The lowest BCUT2D eigenvalue weighted by molar-refractivity contribution is -0.120. The molecule has 0 heterocycles. The second-order valence-corrected chi connectivity index (χ2v) is 6.75. The van der Waals surface area contributed by atoms with Crippen LogP contribution in [0.1, 0.15) is 33.5 Å². The number of halogens is 2. The van der Waals surface area contributed by atoms with E-state index >= 15 is 0 Å². The normalized spacial score (nSPS) is 10.8. The average molecular weight is 408 g/mol. The van der Waals surface area contributed by atoms with E-state index in [-0.39, 0.29) is 35.6 Å². The molecule has 8 heteroatoms. The summed E-state index contributed by atoms with van der Waals surface area (Å²) in [5, 5.41) is 16.9. The number of carbonyl (C=O) groups excluding carboxylic acids is 2. The van der Waals surface area contributed by atoms with Gasteiger partial charge < -0.3 is 10.4 Å². The Morgan fingerprint density at radius 3 is 2.41 bits per heavy atom. The first-order chi connectivity index (χ1) is 12.8. The molecule has 2 rings (SSSR count). The molecule has 0 radical (unpaired) electrons. The second kappa shape index (κ2) is 9.39. The molecule has 142 valence electrons. The zero-order valence-electron chi connectivity index (χ0n) is 14.8. The number of phenolic OH excluding ortho intramolecular Hbond substituents is 1. The van der Waals surface area contributed by atoms with Crippen molar-refractivity contribution in [3.05, 3.63) is 62.6 Å². The summed E-state index contributed by atoms with van der Waals surface area (Å²) in [5.41, 5.74) is 4.97. The largest absolute Gasteiger partial charge is 0.507 e. The van der Waals surface area contributed by atoms with Crippen molar-refractivity contribution in [2.75, 3.05) is 6.54 Å². The molecule has 27 heavy (non-hydrogen) atoms. The van der Waals surface area contributed by atoms with Crippen molar-refractivity contribution >= 4 is 41.2 Å². The molecule has 0 unspecified atom stereocenters. The molecule has 2 amide bonds. The molecule has 0 aromatic heterocycles. The standard InChI is InChI=1S/C19H19Cl2N3O3/c1-11-7-13(8-12(2)18(11)26)10-23-24-17(25)5-6-22-19(27)14-3-4-15(20)16(21)9-14/h3-4,7-10,26H,5-6H2,1-2H3,(H,22,27)(H,24,25). The van der Waals surface area contributed by atoms with Crippen LogP contribution in [0.25, 0.3) is 0 Å². The van der Waals surface area contributed by atoms with Gasteiger partial charge in [0, 0.05) is 18.5 Å². The fraction of sp³-hybridized carbons (Fsp3) is 0.211. The van der Waals surface area contributed by atoms with E-state index in [9.17, 15) is 14.7 Å². The second-order valence-electron chi connectivity index (χ2n) is 5.93. The van der Waals surface area contributed by atoms with Gasteiger partial charge in [0.25, 0.3) is 5.91 Å². The molecule has 3 N–H and O–H groups in total. The fourth-order valence-corrected chi connectivity index (χ4v) is 2.63. The van der Waals surface area contributed by atoms with Crippen LogP contribution in [0.3, 0.4) is 0 Å². The van der Waals surface area contributed by atoms with Gasteiger partial charge in [-0.25, -0.2) is 5.43 Å². The predicted molar refractivity (Wildman–Crippen MR) is 107 cm³/mol. The number of carbonyl (C=O) groups is 2. The summed E-state index contributed by atoms with van der Waals surface area (Å²) < 4.78 is 0. The number of hydrogen-bond acceptors (Lipinski definition) is 4. The Hall–Kier alpha value is -2.57. The molecule has 0 aliphatic rings. The summed E-state index contributed by atoms with van der Waals surface area (Å²) in [6.07, 6.45) is 1.56. The monoisotopic (exact) mass is 407 g/mol. The van der Waals surface area contributed by atoms with E-state index in [1.54, 1.807) is 32.0 Å². The number of nitrogens with one attached hydrogen (secondary N) is 2. The predicted octanol–water partition coefficient (Wildman–Crippen LogP) is 3.59. The van der Waals surface area contributed by atoms with Crippen LogP contribution in [0.15, 0.2) is 35.4 Å². The maximum absolute atomic E-state index is 12.0. The third kappa shape index (κ3) is 5.98. The molecule has 0 fully saturated rings. The van der Waals surface area contributed by atoms with Crippen molar-refractivity contribution in [3.63, 3.8) is 0 Å². The Morgan fingerprint density at radius 1 is 1.11 bits per heavy atom. The van der Waals surface area contributed by atoms with Crippen LogP contribution >= 0.6 is 23.2 Å². The lowest BCUT2D eigenvalue weighted by atomic mass is 10.1. The minimum Gasteiger partial charge on any atom is -0.507 e. The number of aryl methyl sites for hydroxylation is 2. The first-order valence-corrected chi connectivity index (χ1v) is 8.89. The number of hydrogen-bond donors (Lipinski definition) is 3. The molecule has 0 bridgehead atoms. The van der Waals surface area contributed by atoms with Crippen molar-refractivity contribution in [1.29, 1.82) is 0 Å². The lowest BCUT2D eigenvalue weighted by Gasteiger charge is -2.06. The van der Waals surface area contributed by atoms with Gasteiger partial charge in [0.05, 0.1) is 16.3 Å². The summed E-state index contributed by atoms with van der Waals surface area (Å²) in [6.45, 7) is 3.72. The Balaban J connectivity index is 1.79. The quantitative estimate of drug-likeness (QED) is 0.504. The number of benzene rings is 2. The van der Waals surface area contributed by atoms with Gasteiger partial charge in [-0.1, -0.05) is 23.2 Å². The van der Waals surface area contributed by atoms with Gasteiger partial charge in [-0.05, 0) is 60.9 Å². The molecule has 0 aliphatic carbocycles. The first-order valence-electron chi connectivity index (χ1n) is 8.13. The number of aromatic hydroxyl groups is 1. The summed E-state index contributed by atoms with van der Waals surface area (Å²) in [5.74, 6) is -0.443. The number of rotatable bonds is 6. The van der Waals surface area contributed by atoms with Crippen LogP contribution in [0.4, 0.5) is 0 Å². The maximum atomic E-state index is 12.0. The maximum Gasteiger partial charge on any atom is 0.251 e. The van der Waals surface area contributed by atoms with Crippen LogP contribution in [-0.4, -0.2) is 29.7 Å². The van der Waals surface area contributed by atoms with Gasteiger partial charge in [0.15, 0.2) is 0 Å². The third-order valence-electron chi connectivity index (χ3n) is 3.74. The molecule has 6 nitrogen and oxygen atoms in total. The summed E-state index contributed by atoms with van der Waals surface area (Å²) in [4.78, 5) is 23.8. The number of hydrazone groups is 1. The van der Waals surface area contributed by atoms with Crippen LogP contribution in [0, 0.1) is 13.8 Å². The van der Waals surface area contributed by atoms with Crippen molar-refractivity contribution in [3.8, 4) is 5.75 Å². The van der Waals surface area contributed by atoms with E-state index in [0.717, 1.165) is 16.7 Å². The van der Waals surface area contributed by atoms with E-state index in [2.05, 4.69) is 15.8 Å². The molecule has 0 spiro atoms. The Labute approximate surface area is 167 Å². The SMILES string of the molecule is Cc1cc(C=NNC(=O)CCNC(=O)c2ccc(Cl)c(Cl)c2)cc(C)c1O. The first kappa shape index (κ1) is 20.7. The zero-order valence-corrected chi connectivity index (χ0v) is 16.4. The Morgan fingerprint density at radius 2 is 1.78 bits per heavy atom. The summed E-state index contributed by atoms with van der Waals surface area (Å²) >= 11 is 11.7. The van der Waals surface area contributed by atoms with E-state index in [1.165, 1.54) is 18.3 Å². The van der Waals surface area contributed by atoms with Crippen LogP contribution in [0.5, 0.6) is 5.75 Å². The topological polar surface area (TPSA) is 90.8 Å². The van der Waals surface area contributed by atoms with Gasteiger partial charge in [-0.2, -0.15) is 5.10 Å². The van der Waals surface area contributed by atoms with Gasteiger partial charge in [0.1, 0.15) is 5.75 Å². The van der Waals surface area contributed by atoms with Crippen molar-refractivity contribution in [1.82, 2.24) is 10.7 Å². The molecular weight excluding hydrogens is 389 g/mol. The van der Waals surface area contributed by atoms with E-state index in [4.69, 9.17) is 23.2 Å². The molecule has 0 saturated carbocycles. The molecule has 0 aliphatic heterocycles. The number of phenols is 1. The van der Waals surface area contributed by atoms with E-state index in [0.29, 0.717) is 10.6 Å². The van der Waals surface area contributed by atoms with Gasteiger partial charge >= 0.3 is 0 Å². The Bertz CT molecular complexity index is 875. The minimum atomic E-state index is -0.347. The third-order valence-corrected chi connectivity index (χ3v) is 4.47.